The molecule has 1 unspecified atom stereocenters. The molecule has 1 aromatic carbocycles. The zero-order valence-corrected chi connectivity index (χ0v) is 8.03. The van der Waals surface area contributed by atoms with Gasteiger partial charge in [0.15, 0.2) is 0 Å². The largest absolute Gasteiger partial charge is 0.316 e. The number of rotatable bonds is 1. The third-order valence-electron chi connectivity index (χ3n) is 3.07. The summed E-state index contributed by atoms with van der Waals surface area (Å²) in [4.78, 5) is 2.24. The lowest BCUT2D eigenvalue weighted by Gasteiger charge is -2.41. The van der Waals surface area contributed by atoms with E-state index < -0.39 is 0 Å². The first kappa shape index (κ1) is 8.41. The van der Waals surface area contributed by atoms with Crippen molar-refractivity contribution in [3.63, 3.8) is 0 Å². The van der Waals surface area contributed by atoms with Crippen molar-refractivity contribution < 1.29 is 0 Å². The lowest BCUT2D eigenvalue weighted by molar-refractivity contribution is 0.102. The normalized spacial score (nSPS) is 27.4. The lowest BCUT2D eigenvalue weighted by Crippen LogP contribution is -2.56. The number of nitrogens with one attached hydrogen (secondary N) is 1. The number of hydrogen-bond acceptors (Lipinski definition) is 3. The van der Waals surface area contributed by atoms with Crippen molar-refractivity contribution in [2.75, 3.05) is 6.54 Å². The first-order valence-electron chi connectivity index (χ1n) is 5.07. The van der Waals surface area contributed by atoms with E-state index in [1.807, 2.05) is 0 Å². The Morgan fingerprint density at radius 1 is 1.36 bits per heavy atom. The number of benzene rings is 1. The summed E-state index contributed by atoms with van der Waals surface area (Å²) in [6, 6.07) is 8.49. The predicted octanol–water partition coefficient (Wildman–Crippen LogP) is 0.618. The van der Waals surface area contributed by atoms with Crippen LogP contribution < -0.4 is 11.1 Å². The van der Waals surface area contributed by atoms with E-state index in [1.54, 1.807) is 0 Å². The fraction of sp³-hybridized carbons (Fsp3) is 0.364. The molecule has 2 aliphatic heterocycles. The average molecular weight is 188 g/mol. The molecule has 1 radical (unpaired) electrons. The van der Waals surface area contributed by atoms with Crippen LogP contribution in [0.3, 0.4) is 0 Å². The van der Waals surface area contributed by atoms with Gasteiger partial charge in [-0.25, -0.2) is 0 Å². The molecule has 73 valence electrons. The second kappa shape index (κ2) is 3.05. The van der Waals surface area contributed by atoms with E-state index in [0.29, 0.717) is 0 Å². The maximum Gasteiger partial charge on any atom is 0.136 e. The Morgan fingerprint density at radius 3 is 2.93 bits per heavy atom. The SMILES string of the molecule is NC1CCN1[C]1NCc2ccccc21. The molecule has 0 spiro atoms. The highest BCUT2D eigenvalue weighted by molar-refractivity contribution is 5.42. The van der Waals surface area contributed by atoms with Crippen LogP contribution in [-0.2, 0) is 6.54 Å². The van der Waals surface area contributed by atoms with Gasteiger partial charge in [0.05, 0.1) is 6.17 Å². The van der Waals surface area contributed by atoms with Crippen LogP contribution in [-0.4, -0.2) is 17.6 Å². The summed E-state index contributed by atoms with van der Waals surface area (Å²) in [7, 11) is 0. The van der Waals surface area contributed by atoms with Crippen LogP contribution in [0.4, 0.5) is 0 Å². The number of fused-ring (bicyclic) bond motifs is 1. The van der Waals surface area contributed by atoms with E-state index in [0.717, 1.165) is 19.5 Å². The van der Waals surface area contributed by atoms with E-state index in [9.17, 15) is 0 Å². The summed E-state index contributed by atoms with van der Waals surface area (Å²) in [5.41, 5.74) is 8.62. The molecule has 3 heteroatoms. The highest BCUT2D eigenvalue weighted by Gasteiger charge is 2.36. The Balaban J connectivity index is 1.90. The molecule has 2 heterocycles. The number of likely N-dealkylation sites (tertiary alicyclic amines) is 1. The minimum Gasteiger partial charge on any atom is -0.316 e. The maximum atomic E-state index is 5.92. The van der Waals surface area contributed by atoms with Crippen molar-refractivity contribution >= 4 is 0 Å². The van der Waals surface area contributed by atoms with Crippen molar-refractivity contribution in [3.8, 4) is 0 Å². The summed E-state index contributed by atoms with van der Waals surface area (Å²) in [5, 5.41) is 3.42. The highest BCUT2D eigenvalue weighted by atomic mass is 15.4. The maximum absolute atomic E-state index is 5.92. The molecule has 0 saturated carbocycles. The van der Waals surface area contributed by atoms with Gasteiger partial charge >= 0.3 is 0 Å². The smallest absolute Gasteiger partial charge is 0.136 e. The van der Waals surface area contributed by atoms with Gasteiger partial charge in [-0.15, -0.1) is 0 Å². The third-order valence-corrected chi connectivity index (χ3v) is 3.07. The molecule has 3 rings (SSSR count). The standard InChI is InChI=1S/C11H14N3/c12-10-5-6-14(10)11-9-4-2-1-3-8(9)7-13-11/h1-4,10,13H,5-7,12H2. The van der Waals surface area contributed by atoms with Gasteiger partial charge in [0.25, 0.3) is 0 Å². The summed E-state index contributed by atoms with van der Waals surface area (Å²) >= 11 is 0. The molecule has 3 N–H and O–H groups in total. The van der Waals surface area contributed by atoms with Crippen molar-refractivity contribution in [1.82, 2.24) is 10.2 Å². The van der Waals surface area contributed by atoms with Gasteiger partial charge in [0.1, 0.15) is 6.17 Å². The van der Waals surface area contributed by atoms with Crippen LogP contribution in [0.1, 0.15) is 17.5 Å². The minimum absolute atomic E-state index is 0.212. The minimum atomic E-state index is 0.212. The van der Waals surface area contributed by atoms with Crippen LogP contribution in [0.25, 0.3) is 0 Å². The second-order valence-electron chi connectivity index (χ2n) is 3.91. The summed E-state index contributed by atoms with van der Waals surface area (Å²) in [6.07, 6.45) is 2.54. The molecule has 1 aromatic rings. The Kier molecular flexibility index (Phi) is 1.83. The van der Waals surface area contributed by atoms with Gasteiger partial charge in [-0.05, 0) is 17.5 Å². The quantitative estimate of drug-likeness (QED) is 0.678. The zero-order chi connectivity index (χ0) is 9.54. The summed E-state index contributed by atoms with van der Waals surface area (Å²) < 4.78 is 0. The molecule has 2 aliphatic rings. The zero-order valence-electron chi connectivity index (χ0n) is 8.03. The van der Waals surface area contributed by atoms with Crippen LogP contribution in [0.2, 0.25) is 0 Å². The van der Waals surface area contributed by atoms with Crippen molar-refractivity contribution in [2.24, 2.45) is 5.73 Å². The van der Waals surface area contributed by atoms with Crippen LogP contribution in [0, 0.1) is 6.17 Å². The number of nitrogens with zero attached hydrogens (tertiary/aromatic N) is 1. The first-order valence-corrected chi connectivity index (χ1v) is 5.07. The van der Waals surface area contributed by atoms with Crippen molar-refractivity contribution in [2.45, 2.75) is 19.1 Å². The fourth-order valence-electron chi connectivity index (χ4n) is 2.12. The molecular formula is C11H14N3. The molecule has 1 fully saturated rings. The highest BCUT2D eigenvalue weighted by Crippen LogP contribution is 2.31. The van der Waals surface area contributed by atoms with E-state index in [4.69, 9.17) is 5.73 Å². The van der Waals surface area contributed by atoms with Crippen LogP contribution in [0.5, 0.6) is 0 Å². The second-order valence-corrected chi connectivity index (χ2v) is 3.91. The van der Waals surface area contributed by atoms with E-state index in [2.05, 4.69) is 34.5 Å². The Bertz CT molecular complexity index is 350. The molecule has 0 aromatic heterocycles. The Labute approximate surface area is 83.9 Å². The Hall–Kier alpha value is -0.900. The topological polar surface area (TPSA) is 41.3 Å². The van der Waals surface area contributed by atoms with Gasteiger partial charge in [-0.1, -0.05) is 24.3 Å². The predicted molar refractivity (Wildman–Crippen MR) is 54.9 cm³/mol. The van der Waals surface area contributed by atoms with Gasteiger partial charge in [0.2, 0.25) is 0 Å². The monoisotopic (exact) mass is 188 g/mol. The molecule has 14 heavy (non-hydrogen) atoms. The molecule has 0 aliphatic carbocycles. The molecule has 1 atom stereocenters. The summed E-state index contributed by atoms with van der Waals surface area (Å²) in [6.45, 7) is 2.02. The van der Waals surface area contributed by atoms with E-state index in [-0.39, 0.29) is 6.17 Å². The molecular weight excluding hydrogens is 174 g/mol. The molecule has 0 bridgehead atoms. The van der Waals surface area contributed by atoms with Crippen LogP contribution >= 0.6 is 0 Å². The molecule has 3 nitrogen and oxygen atoms in total. The van der Waals surface area contributed by atoms with Gasteiger partial charge < -0.3 is 5.73 Å². The Morgan fingerprint density at radius 2 is 2.21 bits per heavy atom. The third kappa shape index (κ3) is 1.10. The fourth-order valence-corrected chi connectivity index (χ4v) is 2.12. The van der Waals surface area contributed by atoms with Gasteiger partial charge in [-0.2, -0.15) is 0 Å². The van der Waals surface area contributed by atoms with Gasteiger partial charge in [0, 0.05) is 13.1 Å². The molecule has 1 saturated heterocycles. The van der Waals surface area contributed by atoms with Crippen molar-refractivity contribution in [3.05, 3.63) is 41.6 Å². The first-order chi connectivity index (χ1) is 6.86. The molecule has 0 amide bonds. The van der Waals surface area contributed by atoms with E-state index in [1.165, 1.54) is 17.3 Å². The number of hydrogen-bond donors (Lipinski definition) is 2. The lowest BCUT2D eigenvalue weighted by atomic mass is 10.0. The van der Waals surface area contributed by atoms with E-state index >= 15 is 0 Å². The van der Waals surface area contributed by atoms with Crippen molar-refractivity contribution in [1.29, 1.82) is 0 Å². The number of nitrogens with two attached hydrogens (primary N) is 1. The summed E-state index contributed by atoms with van der Waals surface area (Å²) in [5.74, 6) is 0. The van der Waals surface area contributed by atoms with Crippen LogP contribution in [0.15, 0.2) is 24.3 Å². The average Bonchev–Trinajstić information content (AvgIpc) is 2.60. The van der Waals surface area contributed by atoms with Gasteiger partial charge in [-0.3, -0.25) is 10.2 Å².